The number of phenols is 1. The Labute approximate surface area is 416 Å². The number of carbonyl (C=O) groups excluding carboxylic acids is 9. The first-order valence-electron chi connectivity index (χ1n) is 24.9. The first kappa shape index (κ1) is 55.4. The zero-order valence-electron chi connectivity index (χ0n) is 42.6. The Hall–Kier alpha value is -6.53. The first-order valence-corrected chi connectivity index (χ1v) is 24.9. The molecular formula is C52H74N8O11. The van der Waals surface area contributed by atoms with E-state index in [9.17, 15) is 48.3 Å². The van der Waals surface area contributed by atoms with E-state index in [4.69, 9.17) is 4.74 Å². The third kappa shape index (κ3) is 14.8. The fraction of sp³-hybridized carbons (Fsp3) is 0.596. The van der Waals surface area contributed by atoms with Crippen LogP contribution in [0.1, 0.15) is 105 Å². The summed E-state index contributed by atoms with van der Waals surface area (Å²) < 4.78 is 5.91. The molecule has 5 rings (SSSR count). The summed E-state index contributed by atoms with van der Waals surface area (Å²) in [5.41, 5.74) is 1.25. The lowest BCUT2D eigenvalue weighted by Gasteiger charge is -2.36. The van der Waals surface area contributed by atoms with Crippen LogP contribution in [0.5, 0.6) is 5.75 Å². The smallest absolute Gasteiger partial charge is 0.329 e. The van der Waals surface area contributed by atoms with Crippen molar-refractivity contribution in [2.24, 2.45) is 17.8 Å². The van der Waals surface area contributed by atoms with Crippen LogP contribution in [0.2, 0.25) is 0 Å². The average Bonchev–Trinajstić information content (AvgIpc) is 4.02. The molecule has 388 valence electrons. The minimum Gasteiger partial charge on any atom is -0.508 e. The van der Waals surface area contributed by atoms with E-state index in [2.05, 4.69) is 26.6 Å². The van der Waals surface area contributed by atoms with E-state index in [0.29, 0.717) is 24.0 Å². The van der Waals surface area contributed by atoms with Crippen LogP contribution in [-0.4, -0.2) is 148 Å². The summed E-state index contributed by atoms with van der Waals surface area (Å²) in [5.74, 6) is -6.75. The van der Waals surface area contributed by atoms with E-state index in [1.54, 1.807) is 56.3 Å². The quantitative estimate of drug-likeness (QED) is 0.188. The monoisotopic (exact) mass is 987 g/mol. The minimum atomic E-state index is -1.52. The van der Waals surface area contributed by atoms with Crippen molar-refractivity contribution in [1.29, 1.82) is 0 Å². The van der Waals surface area contributed by atoms with Gasteiger partial charge in [-0.1, -0.05) is 84.0 Å². The zero-order valence-corrected chi connectivity index (χ0v) is 42.6. The fourth-order valence-corrected chi connectivity index (χ4v) is 9.56. The Kier molecular flexibility index (Phi) is 19.5. The summed E-state index contributed by atoms with van der Waals surface area (Å²) in [6.45, 7) is 13.9. The van der Waals surface area contributed by atoms with E-state index < -0.39 is 114 Å². The van der Waals surface area contributed by atoms with Crippen LogP contribution in [0.3, 0.4) is 0 Å². The lowest BCUT2D eigenvalue weighted by molar-refractivity contribution is -0.161. The predicted molar refractivity (Wildman–Crippen MR) is 263 cm³/mol. The van der Waals surface area contributed by atoms with E-state index in [1.165, 1.54) is 47.7 Å². The Bertz CT molecular complexity index is 2240. The van der Waals surface area contributed by atoms with Crippen LogP contribution in [0, 0.1) is 17.8 Å². The minimum absolute atomic E-state index is 0.0111. The number of likely N-dealkylation sites (N-methyl/N-ethyl adjacent to an activating group) is 1. The molecule has 0 bridgehead atoms. The number of hydrogen-bond donors (Lipinski definition) is 6. The standard InChI is InChI=1S/C52H74N8O11/c1-29(2)25-37-46(64)57-43(31(5)6)51(69)59-23-13-17-40(59)47(65)56-39(26-30(3)4)49(67)58(9)42(28-35-19-21-36(62)22-20-35)50(68)60-24-14-18-41(60)52(70)71-32(7)44(53-33(8)61)48(66)55-38(45(63)54-37)27-34-15-11-10-12-16-34/h10-12,15-16,19-22,29-32,37-44,62H,13-14,17-18,23-28H2,1-9H3,(H,53,61)(H,54,63)(H,55,66)(H,56,65)(H,57,64)/t32-,37?,38+,39?,40-,41+,42+,43+,44?/m0/s1. The molecule has 0 radical (unpaired) electrons. The highest BCUT2D eigenvalue weighted by atomic mass is 16.5. The Morgan fingerprint density at radius 3 is 1.79 bits per heavy atom. The number of rotatable bonds is 10. The van der Waals surface area contributed by atoms with Crippen LogP contribution in [0.4, 0.5) is 0 Å². The summed E-state index contributed by atoms with van der Waals surface area (Å²) in [4.78, 5) is 133. The molecule has 0 aromatic heterocycles. The summed E-state index contributed by atoms with van der Waals surface area (Å²) in [6, 6.07) is 5.30. The largest absolute Gasteiger partial charge is 0.508 e. The van der Waals surface area contributed by atoms with E-state index in [-0.39, 0.29) is 69.2 Å². The molecule has 3 aliphatic rings. The van der Waals surface area contributed by atoms with Gasteiger partial charge in [0.05, 0.1) is 0 Å². The van der Waals surface area contributed by atoms with Crippen LogP contribution < -0.4 is 26.6 Å². The molecule has 3 heterocycles. The third-order valence-electron chi connectivity index (χ3n) is 13.3. The van der Waals surface area contributed by atoms with Gasteiger partial charge in [0.1, 0.15) is 60.2 Å². The summed E-state index contributed by atoms with van der Waals surface area (Å²) in [7, 11) is 1.46. The highest BCUT2D eigenvalue weighted by Gasteiger charge is 2.45. The van der Waals surface area contributed by atoms with E-state index in [0.717, 1.165) is 0 Å². The maximum Gasteiger partial charge on any atom is 0.329 e. The molecule has 0 aliphatic carbocycles. The maximum absolute atomic E-state index is 14.9. The molecule has 2 aromatic rings. The van der Waals surface area contributed by atoms with Crippen LogP contribution in [-0.2, 0) is 60.7 Å². The second-order valence-corrected chi connectivity index (χ2v) is 20.4. The van der Waals surface area contributed by atoms with Gasteiger partial charge in [-0.3, -0.25) is 38.4 Å². The van der Waals surface area contributed by atoms with Crippen molar-refractivity contribution >= 4 is 53.2 Å². The topological polar surface area (TPSA) is 253 Å². The molecular weight excluding hydrogens is 913 g/mol. The number of phenolic OH excluding ortho intramolecular Hbond substituents is 1. The molecule has 19 heteroatoms. The molecule has 3 aliphatic heterocycles. The van der Waals surface area contributed by atoms with Gasteiger partial charge >= 0.3 is 5.97 Å². The van der Waals surface area contributed by atoms with E-state index in [1.807, 2.05) is 27.7 Å². The molecule has 3 saturated heterocycles. The number of aromatic hydroxyl groups is 1. The van der Waals surface area contributed by atoms with Crippen LogP contribution in [0.25, 0.3) is 0 Å². The first-order chi connectivity index (χ1) is 33.6. The Morgan fingerprint density at radius 2 is 1.20 bits per heavy atom. The molecule has 2 aromatic carbocycles. The van der Waals surface area contributed by atoms with Crippen molar-refractivity contribution in [3.05, 3.63) is 65.7 Å². The number of amides is 8. The molecule has 6 N–H and O–H groups in total. The lowest BCUT2D eigenvalue weighted by Crippen LogP contribution is -2.61. The number of carbonyl (C=O) groups is 9. The highest BCUT2D eigenvalue weighted by molar-refractivity contribution is 5.98. The molecule has 19 nitrogen and oxygen atoms in total. The maximum atomic E-state index is 14.9. The van der Waals surface area contributed by atoms with Gasteiger partial charge in [-0.05, 0) is 86.5 Å². The summed E-state index contributed by atoms with van der Waals surface area (Å²) >= 11 is 0. The fourth-order valence-electron chi connectivity index (χ4n) is 9.56. The summed E-state index contributed by atoms with van der Waals surface area (Å²) in [6.07, 6.45) is 0.239. The van der Waals surface area contributed by atoms with Gasteiger partial charge < -0.3 is 51.1 Å². The number of benzene rings is 2. The molecule has 0 spiro atoms. The van der Waals surface area contributed by atoms with Crippen molar-refractivity contribution in [2.75, 3.05) is 20.1 Å². The average molecular weight is 987 g/mol. The number of fused-ring (bicyclic) bond motifs is 2. The Morgan fingerprint density at radius 1 is 0.662 bits per heavy atom. The molecule has 0 saturated carbocycles. The summed E-state index contributed by atoms with van der Waals surface area (Å²) in [5, 5.41) is 23.9. The van der Waals surface area contributed by atoms with Crippen LogP contribution in [0.15, 0.2) is 54.6 Å². The second-order valence-electron chi connectivity index (χ2n) is 20.4. The number of nitrogens with zero attached hydrogens (tertiary/aromatic N) is 3. The highest BCUT2D eigenvalue weighted by Crippen LogP contribution is 2.26. The molecule has 71 heavy (non-hydrogen) atoms. The van der Waals surface area contributed by atoms with Gasteiger partial charge in [-0.15, -0.1) is 0 Å². The van der Waals surface area contributed by atoms with Crippen molar-refractivity contribution in [1.82, 2.24) is 41.3 Å². The van der Waals surface area contributed by atoms with Gasteiger partial charge in [0.25, 0.3) is 0 Å². The molecule has 9 atom stereocenters. The normalized spacial score (nSPS) is 27.0. The van der Waals surface area contributed by atoms with Gasteiger partial charge in [-0.25, -0.2) is 4.79 Å². The number of ether oxygens (including phenoxy) is 1. The van der Waals surface area contributed by atoms with Gasteiger partial charge in [0.15, 0.2) is 0 Å². The zero-order chi connectivity index (χ0) is 52.3. The lowest BCUT2D eigenvalue weighted by atomic mass is 9.98. The van der Waals surface area contributed by atoms with Gasteiger partial charge in [-0.2, -0.15) is 0 Å². The predicted octanol–water partition coefficient (Wildman–Crippen LogP) is 2.12. The Balaban J connectivity index is 1.60. The van der Waals surface area contributed by atoms with Crippen molar-refractivity contribution in [2.45, 2.75) is 161 Å². The van der Waals surface area contributed by atoms with Crippen molar-refractivity contribution in [3.8, 4) is 5.75 Å². The SMILES string of the molecule is CC(=O)NC1C(=O)N[C@H](Cc2ccccc2)C(=O)NC(CC(C)C)C(=O)N[C@H](C(C)C)C(=O)N2CCC[C@H]2C(=O)NC(CC(C)C)C(=O)N(C)[C@H](Cc2ccc(O)cc2)C(=O)N2CCC[C@@H]2C(=O)O[C@H]1C. The number of cyclic esters (lactones) is 1. The second kappa shape index (κ2) is 25.0. The number of esters is 1. The van der Waals surface area contributed by atoms with Gasteiger partial charge in [0, 0.05) is 39.9 Å². The van der Waals surface area contributed by atoms with E-state index >= 15 is 0 Å². The van der Waals surface area contributed by atoms with Crippen molar-refractivity contribution in [3.63, 3.8) is 0 Å². The molecule has 8 amide bonds. The molecule has 3 unspecified atom stereocenters. The van der Waals surface area contributed by atoms with Gasteiger partial charge in [0.2, 0.25) is 47.3 Å². The van der Waals surface area contributed by atoms with Crippen molar-refractivity contribution < 1.29 is 53.0 Å². The number of nitrogens with one attached hydrogen (secondary N) is 5. The molecule has 3 fully saturated rings. The number of hydrogen-bond acceptors (Lipinski definition) is 11. The van der Waals surface area contributed by atoms with Crippen LogP contribution >= 0.6 is 0 Å². The third-order valence-corrected chi connectivity index (χ3v) is 13.3.